The van der Waals surface area contributed by atoms with Crippen molar-refractivity contribution in [2.45, 2.75) is 51.1 Å². The topological polar surface area (TPSA) is 82.2 Å². The number of nitrogens with one attached hydrogen (secondary N) is 3. The maximum Gasteiger partial charge on any atom is 0.225 e. The number of carbonyl (C=O) groups is 1. The Morgan fingerprint density at radius 1 is 1.03 bits per heavy atom. The van der Waals surface area contributed by atoms with E-state index in [9.17, 15) is 4.79 Å². The van der Waals surface area contributed by atoms with Crippen LogP contribution in [0.5, 0.6) is 0 Å². The molecule has 170 valence electrons. The molecular weight excluding hydrogens is 400 g/mol. The van der Waals surface area contributed by atoms with Gasteiger partial charge in [0.15, 0.2) is 0 Å². The second kappa shape index (κ2) is 9.45. The molecule has 5 rings (SSSR count). The number of pyridine rings is 2. The molecule has 7 nitrogen and oxygen atoms in total. The highest BCUT2D eigenvalue weighted by molar-refractivity contribution is 5.79. The summed E-state index contributed by atoms with van der Waals surface area (Å²) in [5, 5.41) is 10.4. The van der Waals surface area contributed by atoms with Gasteiger partial charge in [-0.25, -0.2) is 0 Å². The minimum absolute atomic E-state index is 0.203. The van der Waals surface area contributed by atoms with Gasteiger partial charge in [0.25, 0.3) is 0 Å². The predicted molar refractivity (Wildman–Crippen MR) is 127 cm³/mol. The van der Waals surface area contributed by atoms with E-state index in [4.69, 9.17) is 0 Å². The molecule has 1 amide bonds. The Bertz CT molecular complexity index is 932. The lowest BCUT2D eigenvalue weighted by Gasteiger charge is -2.40. The Kier molecular flexibility index (Phi) is 6.26. The maximum absolute atomic E-state index is 13.0. The number of nitrogens with zero attached hydrogens (tertiary/aromatic N) is 3. The molecule has 3 fully saturated rings. The van der Waals surface area contributed by atoms with Crippen LogP contribution in [0.25, 0.3) is 0 Å². The Hall–Kier alpha value is -2.67. The molecule has 2 aromatic heterocycles. The number of piperidine rings is 1. The molecule has 2 aliphatic heterocycles. The lowest BCUT2D eigenvalue weighted by Crippen LogP contribution is -2.51. The number of rotatable bonds is 7. The highest BCUT2D eigenvalue weighted by atomic mass is 16.2. The van der Waals surface area contributed by atoms with Gasteiger partial charge in [-0.3, -0.25) is 14.8 Å². The van der Waals surface area contributed by atoms with Gasteiger partial charge < -0.3 is 20.9 Å². The molecule has 32 heavy (non-hydrogen) atoms. The minimum atomic E-state index is 0.203. The summed E-state index contributed by atoms with van der Waals surface area (Å²) < 4.78 is 0. The van der Waals surface area contributed by atoms with Crippen molar-refractivity contribution in [3.05, 3.63) is 48.0 Å². The van der Waals surface area contributed by atoms with Crippen LogP contribution in [0.2, 0.25) is 0 Å². The van der Waals surface area contributed by atoms with Gasteiger partial charge in [-0.2, -0.15) is 0 Å². The van der Waals surface area contributed by atoms with Gasteiger partial charge in [-0.1, -0.05) is 0 Å². The molecule has 0 aromatic carbocycles. The van der Waals surface area contributed by atoms with Crippen LogP contribution in [-0.4, -0.2) is 59.0 Å². The van der Waals surface area contributed by atoms with Crippen LogP contribution >= 0.6 is 0 Å². The molecule has 4 heterocycles. The van der Waals surface area contributed by atoms with Crippen LogP contribution in [0.15, 0.2) is 36.7 Å². The number of anilines is 2. The van der Waals surface area contributed by atoms with Crippen molar-refractivity contribution in [2.24, 2.45) is 11.8 Å². The summed E-state index contributed by atoms with van der Waals surface area (Å²) in [6.07, 6.45) is 8.72. The highest BCUT2D eigenvalue weighted by Crippen LogP contribution is 2.38. The van der Waals surface area contributed by atoms with Crippen molar-refractivity contribution in [3.63, 3.8) is 0 Å². The largest absolute Gasteiger partial charge is 0.382 e. The molecule has 0 unspecified atom stereocenters. The van der Waals surface area contributed by atoms with Gasteiger partial charge >= 0.3 is 0 Å². The Balaban J connectivity index is 1.04. The first-order valence-electron chi connectivity index (χ1n) is 12.0. The molecule has 1 saturated carbocycles. The molecule has 1 aliphatic carbocycles. The van der Waals surface area contributed by atoms with Gasteiger partial charge in [0.1, 0.15) is 0 Å². The van der Waals surface area contributed by atoms with Gasteiger partial charge in [-0.05, 0) is 69.2 Å². The van der Waals surface area contributed by atoms with E-state index in [0.717, 1.165) is 81.0 Å². The second-order valence-corrected chi connectivity index (χ2v) is 9.70. The average molecular weight is 435 g/mol. The van der Waals surface area contributed by atoms with E-state index in [0.29, 0.717) is 23.9 Å². The normalized spacial score (nSPS) is 23.8. The Morgan fingerprint density at radius 2 is 1.72 bits per heavy atom. The molecular formula is C25H34N6O. The summed E-state index contributed by atoms with van der Waals surface area (Å²) in [7, 11) is 0. The number of carbonyl (C=O) groups excluding carboxylic acids is 1. The third-order valence-corrected chi connectivity index (χ3v) is 7.13. The summed E-state index contributed by atoms with van der Waals surface area (Å²) in [6.45, 7) is 5.77. The standard InChI is InChI=1S/C25H34N6O/c1-17-10-21(2-6-27-17)29-20-4-8-31(9-5-20)25(32)19-11-18(12-19)13-23-14-22(3-7-28-23)30-24-15-26-16-24/h2-3,6-7,10,14,18-20,24,26H,4-5,8-9,11-13,15-16H2,1H3,(H,27,29)(H,28,30). The van der Waals surface area contributed by atoms with Crippen molar-refractivity contribution in [2.75, 3.05) is 36.8 Å². The van der Waals surface area contributed by atoms with Crippen molar-refractivity contribution in [1.29, 1.82) is 0 Å². The highest BCUT2D eigenvalue weighted by Gasteiger charge is 2.37. The van der Waals surface area contributed by atoms with Crippen LogP contribution in [-0.2, 0) is 11.2 Å². The molecule has 2 aromatic rings. The summed E-state index contributed by atoms with van der Waals surface area (Å²) in [5.41, 5.74) is 4.45. The third kappa shape index (κ3) is 5.04. The average Bonchev–Trinajstić information content (AvgIpc) is 2.74. The summed E-state index contributed by atoms with van der Waals surface area (Å²) in [6, 6.07) is 9.28. The first-order chi connectivity index (χ1) is 15.6. The number of hydrogen-bond acceptors (Lipinski definition) is 6. The smallest absolute Gasteiger partial charge is 0.225 e. The van der Waals surface area contributed by atoms with Crippen molar-refractivity contribution >= 4 is 17.3 Å². The van der Waals surface area contributed by atoms with E-state index >= 15 is 0 Å². The number of aryl methyl sites for hydroxylation is 1. The third-order valence-electron chi connectivity index (χ3n) is 7.13. The fourth-order valence-electron chi connectivity index (χ4n) is 5.08. The van der Waals surface area contributed by atoms with E-state index in [1.54, 1.807) is 0 Å². The van der Waals surface area contributed by atoms with Crippen LogP contribution in [0.4, 0.5) is 11.4 Å². The monoisotopic (exact) mass is 434 g/mol. The van der Waals surface area contributed by atoms with Gasteiger partial charge in [-0.15, -0.1) is 0 Å². The zero-order chi connectivity index (χ0) is 21.9. The molecule has 3 aliphatic rings. The van der Waals surface area contributed by atoms with E-state index < -0.39 is 0 Å². The lowest BCUT2D eigenvalue weighted by molar-refractivity contribution is -0.140. The van der Waals surface area contributed by atoms with Gasteiger partial charge in [0, 0.05) is 73.3 Å². The van der Waals surface area contributed by atoms with Gasteiger partial charge in [0.05, 0.1) is 6.04 Å². The quantitative estimate of drug-likeness (QED) is 0.622. The number of aromatic nitrogens is 2. The zero-order valence-corrected chi connectivity index (χ0v) is 18.9. The predicted octanol–water partition coefficient (Wildman–Crippen LogP) is 2.84. The maximum atomic E-state index is 13.0. The number of likely N-dealkylation sites (tertiary alicyclic amines) is 1. The molecule has 0 radical (unpaired) electrons. The molecule has 3 N–H and O–H groups in total. The fraction of sp³-hybridized carbons (Fsp3) is 0.560. The first kappa shape index (κ1) is 21.2. The van der Waals surface area contributed by atoms with E-state index in [2.05, 4.69) is 43.0 Å². The minimum Gasteiger partial charge on any atom is -0.382 e. The van der Waals surface area contributed by atoms with Crippen LogP contribution in [0.3, 0.4) is 0 Å². The second-order valence-electron chi connectivity index (χ2n) is 9.70. The lowest BCUT2D eigenvalue weighted by atomic mass is 9.72. The van der Waals surface area contributed by atoms with Crippen molar-refractivity contribution < 1.29 is 4.79 Å². The number of hydrogen-bond donors (Lipinski definition) is 3. The zero-order valence-electron chi connectivity index (χ0n) is 18.9. The molecule has 0 bridgehead atoms. The van der Waals surface area contributed by atoms with Gasteiger partial charge in [0.2, 0.25) is 5.91 Å². The fourth-order valence-corrected chi connectivity index (χ4v) is 5.08. The van der Waals surface area contributed by atoms with Crippen LogP contribution in [0.1, 0.15) is 37.1 Å². The summed E-state index contributed by atoms with van der Waals surface area (Å²) >= 11 is 0. The van der Waals surface area contributed by atoms with E-state index in [1.807, 2.05) is 31.5 Å². The SMILES string of the molecule is Cc1cc(NC2CCN(C(=O)C3CC(Cc4cc(NC5CNC5)ccn4)C3)CC2)ccn1. The number of amides is 1. The Labute approximate surface area is 190 Å². The van der Waals surface area contributed by atoms with Crippen molar-refractivity contribution in [1.82, 2.24) is 20.2 Å². The molecule has 7 heteroatoms. The van der Waals surface area contributed by atoms with Crippen molar-refractivity contribution in [3.8, 4) is 0 Å². The van der Waals surface area contributed by atoms with Crippen LogP contribution in [0, 0.1) is 18.8 Å². The summed E-state index contributed by atoms with van der Waals surface area (Å²) in [5.74, 6) is 1.14. The van der Waals surface area contributed by atoms with Crippen LogP contribution < -0.4 is 16.0 Å². The first-order valence-corrected chi connectivity index (χ1v) is 12.0. The molecule has 0 atom stereocenters. The van der Waals surface area contributed by atoms with E-state index in [-0.39, 0.29) is 5.92 Å². The van der Waals surface area contributed by atoms with E-state index in [1.165, 1.54) is 0 Å². The Morgan fingerprint density at radius 3 is 2.41 bits per heavy atom. The molecule has 0 spiro atoms. The summed E-state index contributed by atoms with van der Waals surface area (Å²) in [4.78, 5) is 23.9. The molecule has 2 saturated heterocycles.